The van der Waals surface area contributed by atoms with Gasteiger partial charge in [-0.1, -0.05) is 26.8 Å². The van der Waals surface area contributed by atoms with Crippen LogP contribution in [0.4, 0.5) is 0 Å². The normalized spacial score (nSPS) is 11.1. The molecule has 0 fully saturated rings. The number of hydrogen-bond donors (Lipinski definition) is 3. The minimum absolute atomic E-state index is 0.0945. The molecule has 142 valence electrons. The first kappa shape index (κ1) is 20.4. The van der Waals surface area contributed by atoms with E-state index in [2.05, 4.69) is 37.1 Å². The Balaban J connectivity index is 2.26. The number of aromatic amines is 1. The van der Waals surface area contributed by atoms with E-state index in [-0.39, 0.29) is 12.2 Å². The number of pyridine rings is 1. The summed E-state index contributed by atoms with van der Waals surface area (Å²) >= 11 is 5.51. The number of H-pyrrole nitrogens is 1. The summed E-state index contributed by atoms with van der Waals surface area (Å²) in [5.41, 5.74) is 2.67. The van der Waals surface area contributed by atoms with E-state index in [9.17, 15) is 9.90 Å². The van der Waals surface area contributed by atoms with Crippen molar-refractivity contribution < 1.29 is 5.11 Å². The topological polar surface area (TPSA) is 68.4 Å². The quantitative estimate of drug-likeness (QED) is 0.619. The number of aromatic nitrogens is 1. The number of aryl methyl sites for hydroxylation is 1. The van der Waals surface area contributed by atoms with Crippen LogP contribution in [-0.2, 0) is 13.0 Å². The molecule has 0 amide bonds. The second-order valence-electron chi connectivity index (χ2n) is 6.98. The summed E-state index contributed by atoms with van der Waals surface area (Å²) in [5, 5.41) is 14.1. The third-order valence-electron chi connectivity index (χ3n) is 4.29. The molecule has 1 heterocycles. The zero-order valence-electron chi connectivity index (χ0n) is 15.8. The van der Waals surface area contributed by atoms with Crippen LogP contribution >= 0.6 is 12.2 Å². The molecule has 0 aliphatic rings. The van der Waals surface area contributed by atoms with Gasteiger partial charge in [0.05, 0.1) is 6.54 Å². The molecule has 2 rings (SSSR count). The Labute approximate surface area is 160 Å². The van der Waals surface area contributed by atoms with Crippen LogP contribution in [0.15, 0.2) is 29.1 Å². The number of hydrogen-bond acceptors (Lipinski definition) is 3. The van der Waals surface area contributed by atoms with Gasteiger partial charge in [-0.2, -0.15) is 0 Å². The third-order valence-corrected chi connectivity index (χ3v) is 4.69. The van der Waals surface area contributed by atoms with E-state index < -0.39 is 0 Å². The standard InChI is InChI=1S/C20H29N3O2S/c1-4-15-6-7-18-16(10-15)11-17(19(25)22-18)13-23(8-5-9-24)20(26)21-12-14(2)3/h6-7,10-11,14,24H,4-5,8-9,12-13H2,1-3H3,(H,21,26)(H,22,25). The van der Waals surface area contributed by atoms with Crippen LogP contribution in [0.2, 0.25) is 0 Å². The van der Waals surface area contributed by atoms with Gasteiger partial charge in [-0.3, -0.25) is 4.79 Å². The molecule has 0 aliphatic heterocycles. The van der Waals surface area contributed by atoms with Gasteiger partial charge >= 0.3 is 0 Å². The van der Waals surface area contributed by atoms with Gasteiger partial charge in [-0.25, -0.2) is 0 Å². The smallest absolute Gasteiger partial charge is 0.253 e. The number of benzene rings is 1. The van der Waals surface area contributed by atoms with E-state index in [1.54, 1.807) is 0 Å². The Kier molecular flexibility index (Phi) is 7.60. The van der Waals surface area contributed by atoms with Gasteiger partial charge in [0.2, 0.25) is 0 Å². The van der Waals surface area contributed by atoms with Gasteiger partial charge in [0, 0.05) is 30.8 Å². The molecule has 0 unspecified atom stereocenters. The first-order chi connectivity index (χ1) is 12.4. The SMILES string of the molecule is CCc1ccc2[nH]c(=O)c(CN(CCCO)C(=S)NCC(C)C)cc2c1. The monoisotopic (exact) mass is 375 g/mol. The first-order valence-electron chi connectivity index (χ1n) is 9.23. The van der Waals surface area contributed by atoms with Crippen LogP contribution in [0, 0.1) is 5.92 Å². The van der Waals surface area contributed by atoms with Crippen molar-refractivity contribution in [3.63, 3.8) is 0 Å². The Hall–Kier alpha value is -1.92. The Bertz CT molecular complexity index is 801. The average molecular weight is 376 g/mol. The molecule has 0 radical (unpaired) electrons. The summed E-state index contributed by atoms with van der Waals surface area (Å²) in [5.74, 6) is 0.476. The van der Waals surface area contributed by atoms with E-state index >= 15 is 0 Å². The molecule has 5 nitrogen and oxygen atoms in total. The molecule has 26 heavy (non-hydrogen) atoms. The Morgan fingerprint density at radius 1 is 1.35 bits per heavy atom. The van der Waals surface area contributed by atoms with Gasteiger partial charge in [-0.05, 0) is 60.1 Å². The maximum Gasteiger partial charge on any atom is 0.253 e. The summed E-state index contributed by atoms with van der Waals surface area (Å²) in [6.45, 7) is 8.25. The van der Waals surface area contributed by atoms with Crippen molar-refractivity contribution in [1.29, 1.82) is 0 Å². The lowest BCUT2D eigenvalue weighted by molar-refractivity contribution is 0.264. The molecule has 0 saturated heterocycles. The summed E-state index contributed by atoms with van der Waals surface area (Å²) in [4.78, 5) is 17.4. The molecular formula is C20H29N3O2S. The Morgan fingerprint density at radius 2 is 2.12 bits per heavy atom. The Morgan fingerprint density at radius 3 is 2.77 bits per heavy atom. The largest absolute Gasteiger partial charge is 0.396 e. The number of nitrogens with zero attached hydrogens (tertiary/aromatic N) is 1. The summed E-state index contributed by atoms with van der Waals surface area (Å²) in [7, 11) is 0. The number of nitrogens with one attached hydrogen (secondary N) is 2. The highest BCUT2D eigenvalue weighted by molar-refractivity contribution is 7.80. The molecule has 0 saturated carbocycles. The highest BCUT2D eigenvalue weighted by Crippen LogP contribution is 2.15. The van der Waals surface area contributed by atoms with Crippen LogP contribution in [0.25, 0.3) is 10.9 Å². The van der Waals surface area contributed by atoms with E-state index in [0.717, 1.165) is 23.9 Å². The molecule has 2 aromatic rings. The molecular weight excluding hydrogens is 346 g/mol. The van der Waals surface area contributed by atoms with Crippen molar-refractivity contribution in [2.45, 2.75) is 40.2 Å². The van der Waals surface area contributed by atoms with Crippen LogP contribution in [-0.4, -0.2) is 39.8 Å². The van der Waals surface area contributed by atoms with Crippen molar-refractivity contribution in [3.8, 4) is 0 Å². The molecule has 1 aromatic heterocycles. The van der Waals surface area contributed by atoms with Crippen molar-refractivity contribution in [2.24, 2.45) is 5.92 Å². The van der Waals surface area contributed by atoms with Crippen LogP contribution < -0.4 is 10.9 Å². The summed E-state index contributed by atoms with van der Waals surface area (Å²) in [6.07, 6.45) is 1.56. The van der Waals surface area contributed by atoms with Crippen molar-refractivity contribution in [1.82, 2.24) is 15.2 Å². The van der Waals surface area contributed by atoms with Crippen molar-refractivity contribution in [2.75, 3.05) is 19.7 Å². The van der Waals surface area contributed by atoms with Gasteiger partial charge in [0.1, 0.15) is 0 Å². The minimum atomic E-state index is -0.0950. The number of thiocarbonyl (C=S) groups is 1. The fourth-order valence-electron chi connectivity index (χ4n) is 2.76. The summed E-state index contributed by atoms with van der Waals surface area (Å²) < 4.78 is 0. The zero-order chi connectivity index (χ0) is 19.1. The molecule has 0 bridgehead atoms. The molecule has 3 N–H and O–H groups in total. The molecule has 0 aliphatic carbocycles. The number of aliphatic hydroxyl groups is 1. The van der Waals surface area contributed by atoms with E-state index in [1.165, 1.54) is 5.56 Å². The van der Waals surface area contributed by atoms with Gasteiger partial charge < -0.3 is 20.3 Å². The maximum absolute atomic E-state index is 12.5. The maximum atomic E-state index is 12.5. The lowest BCUT2D eigenvalue weighted by Crippen LogP contribution is -2.42. The fourth-order valence-corrected chi connectivity index (χ4v) is 3.00. The highest BCUT2D eigenvalue weighted by atomic mass is 32.1. The number of fused-ring (bicyclic) bond motifs is 1. The van der Waals surface area contributed by atoms with Gasteiger partial charge in [0.25, 0.3) is 5.56 Å². The lowest BCUT2D eigenvalue weighted by atomic mass is 10.1. The zero-order valence-corrected chi connectivity index (χ0v) is 16.7. The lowest BCUT2D eigenvalue weighted by Gasteiger charge is -2.26. The molecule has 1 aromatic carbocycles. The van der Waals surface area contributed by atoms with Crippen molar-refractivity contribution in [3.05, 3.63) is 45.7 Å². The predicted octanol–water partition coefficient (Wildman–Crippen LogP) is 2.81. The number of aliphatic hydroxyl groups excluding tert-OH is 1. The summed E-state index contributed by atoms with van der Waals surface area (Å²) in [6, 6.07) is 8.06. The second-order valence-corrected chi connectivity index (χ2v) is 7.36. The highest BCUT2D eigenvalue weighted by Gasteiger charge is 2.13. The van der Waals surface area contributed by atoms with Crippen molar-refractivity contribution >= 4 is 28.2 Å². The van der Waals surface area contributed by atoms with Gasteiger partial charge in [-0.15, -0.1) is 0 Å². The molecule has 0 spiro atoms. The third kappa shape index (κ3) is 5.54. The molecule has 6 heteroatoms. The fraction of sp³-hybridized carbons (Fsp3) is 0.500. The second kappa shape index (κ2) is 9.69. The van der Waals surface area contributed by atoms with Crippen LogP contribution in [0.3, 0.4) is 0 Å². The van der Waals surface area contributed by atoms with E-state index in [1.807, 2.05) is 23.1 Å². The predicted molar refractivity (Wildman–Crippen MR) is 111 cm³/mol. The van der Waals surface area contributed by atoms with E-state index in [0.29, 0.717) is 36.1 Å². The van der Waals surface area contributed by atoms with E-state index in [4.69, 9.17) is 12.2 Å². The van der Waals surface area contributed by atoms with Crippen LogP contribution in [0.1, 0.15) is 38.3 Å². The molecule has 0 atom stereocenters. The first-order valence-corrected chi connectivity index (χ1v) is 9.63. The van der Waals surface area contributed by atoms with Crippen LogP contribution in [0.5, 0.6) is 0 Å². The average Bonchev–Trinajstić information content (AvgIpc) is 2.62. The van der Waals surface area contributed by atoms with Gasteiger partial charge in [0.15, 0.2) is 5.11 Å². The minimum Gasteiger partial charge on any atom is -0.396 e. The number of rotatable bonds is 8.